The maximum absolute atomic E-state index is 16.2. The lowest BCUT2D eigenvalue weighted by atomic mass is 9.79. The molecule has 0 spiro atoms. The fourth-order valence-corrected chi connectivity index (χ4v) is 6.17. The number of nitrogens with one attached hydrogen (secondary N) is 1. The maximum Gasteiger partial charge on any atom is 0.310 e. The Bertz CT molecular complexity index is 1550. The number of halogens is 3. The molecule has 1 aromatic carbocycles. The number of pyridine rings is 2. The summed E-state index contributed by atoms with van der Waals surface area (Å²) in [5.74, 6) is -1.15. The number of hydrogen-bond acceptors (Lipinski definition) is 8. The SMILES string of the molecule is COC(=O)C1CCN(Cc2ccnc(NC3(c4ccc(C=O)c(OC)n4)C=CC=C(c4ccccc4)C3(Cl)Cl)c2F)C1. The lowest BCUT2D eigenvalue weighted by Crippen LogP contribution is -2.51. The maximum atomic E-state index is 16.2. The summed E-state index contributed by atoms with van der Waals surface area (Å²) in [5.41, 5.74) is 0.631. The van der Waals surface area contributed by atoms with Crippen LogP contribution >= 0.6 is 23.2 Å². The summed E-state index contributed by atoms with van der Waals surface area (Å²) in [6, 6.07) is 14.1. The van der Waals surface area contributed by atoms with E-state index in [4.69, 9.17) is 32.7 Å². The van der Waals surface area contributed by atoms with Crippen molar-refractivity contribution in [2.45, 2.75) is 22.8 Å². The van der Waals surface area contributed by atoms with Crippen LogP contribution in [0.1, 0.15) is 33.6 Å². The Morgan fingerprint density at radius 3 is 2.69 bits per heavy atom. The molecule has 0 radical (unpaired) electrons. The number of ether oxygens (including phenoxy) is 2. The number of aromatic nitrogens is 2. The molecule has 42 heavy (non-hydrogen) atoms. The van der Waals surface area contributed by atoms with Crippen molar-refractivity contribution in [1.29, 1.82) is 0 Å². The van der Waals surface area contributed by atoms with Gasteiger partial charge in [0.1, 0.15) is 5.54 Å². The molecule has 3 heterocycles. The first-order valence-corrected chi connectivity index (χ1v) is 14.0. The van der Waals surface area contributed by atoms with E-state index in [0.717, 1.165) is 5.56 Å². The number of carbonyl (C=O) groups excluding carboxylic acids is 2. The van der Waals surface area contributed by atoms with Gasteiger partial charge in [0.05, 0.1) is 31.4 Å². The summed E-state index contributed by atoms with van der Waals surface area (Å²) in [6.45, 7) is 1.36. The first-order chi connectivity index (χ1) is 20.2. The number of hydrogen-bond donors (Lipinski definition) is 1. The zero-order chi connectivity index (χ0) is 29.9. The monoisotopic (exact) mass is 610 g/mol. The highest BCUT2D eigenvalue weighted by atomic mass is 35.5. The molecule has 5 rings (SSSR count). The van der Waals surface area contributed by atoms with Crippen LogP contribution < -0.4 is 10.1 Å². The normalized spacial score (nSPS) is 21.5. The molecular formula is C31H29Cl2FN4O4. The smallest absolute Gasteiger partial charge is 0.310 e. The van der Waals surface area contributed by atoms with Crippen molar-refractivity contribution >= 4 is 46.8 Å². The minimum absolute atomic E-state index is 0.0633. The highest BCUT2D eigenvalue weighted by Crippen LogP contribution is 2.54. The van der Waals surface area contributed by atoms with Gasteiger partial charge in [-0.25, -0.2) is 14.4 Å². The van der Waals surface area contributed by atoms with E-state index in [1.165, 1.54) is 20.4 Å². The summed E-state index contributed by atoms with van der Waals surface area (Å²) < 4.78 is 24.7. The lowest BCUT2D eigenvalue weighted by Gasteiger charge is -2.44. The third-order valence-electron chi connectivity index (χ3n) is 7.63. The minimum atomic E-state index is -1.74. The molecule has 1 aliphatic carbocycles. The molecule has 0 bridgehead atoms. The number of esters is 1. The Kier molecular flexibility index (Phi) is 8.63. The Morgan fingerprint density at radius 1 is 1.19 bits per heavy atom. The van der Waals surface area contributed by atoms with Crippen molar-refractivity contribution in [2.24, 2.45) is 5.92 Å². The van der Waals surface area contributed by atoms with Crippen molar-refractivity contribution in [3.8, 4) is 5.88 Å². The van der Waals surface area contributed by atoms with Crippen LogP contribution in [-0.4, -0.2) is 58.8 Å². The van der Waals surface area contributed by atoms with E-state index in [-0.39, 0.29) is 41.4 Å². The summed E-state index contributed by atoms with van der Waals surface area (Å²) >= 11 is 14.5. The van der Waals surface area contributed by atoms with Gasteiger partial charge in [0.25, 0.3) is 0 Å². The topological polar surface area (TPSA) is 93.7 Å². The fraction of sp³-hybridized carbons (Fsp3) is 0.290. The fourth-order valence-electron chi connectivity index (χ4n) is 5.42. The van der Waals surface area contributed by atoms with Crippen molar-refractivity contribution in [2.75, 3.05) is 32.6 Å². The van der Waals surface area contributed by atoms with E-state index >= 15 is 4.39 Å². The van der Waals surface area contributed by atoms with Crippen LogP contribution in [0.25, 0.3) is 5.57 Å². The van der Waals surface area contributed by atoms with Gasteiger partial charge in [-0.15, -0.1) is 0 Å². The number of carbonyl (C=O) groups is 2. The number of anilines is 1. The third kappa shape index (κ3) is 5.40. The molecule has 1 fully saturated rings. The molecule has 1 N–H and O–H groups in total. The number of nitrogens with zero attached hydrogens (tertiary/aromatic N) is 3. The van der Waals surface area contributed by atoms with Gasteiger partial charge < -0.3 is 14.8 Å². The number of allylic oxidation sites excluding steroid dienone is 2. The molecule has 3 aromatic rings. The van der Waals surface area contributed by atoms with E-state index in [2.05, 4.69) is 15.3 Å². The van der Waals surface area contributed by atoms with Crippen LogP contribution in [0.4, 0.5) is 10.2 Å². The van der Waals surface area contributed by atoms with E-state index in [1.807, 2.05) is 35.2 Å². The van der Waals surface area contributed by atoms with Gasteiger partial charge >= 0.3 is 5.97 Å². The van der Waals surface area contributed by atoms with Crippen molar-refractivity contribution in [1.82, 2.24) is 14.9 Å². The Labute approximate surface area is 253 Å². The lowest BCUT2D eigenvalue weighted by molar-refractivity contribution is -0.144. The molecule has 2 atom stereocenters. The molecule has 2 unspecified atom stereocenters. The average molecular weight is 612 g/mol. The quantitative estimate of drug-likeness (QED) is 0.191. The average Bonchev–Trinajstić information content (AvgIpc) is 3.48. The Hall–Kier alpha value is -3.79. The van der Waals surface area contributed by atoms with E-state index in [0.29, 0.717) is 36.9 Å². The molecule has 11 heteroatoms. The first kappa shape index (κ1) is 29.7. The van der Waals surface area contributed by atoms with E-state index in [1.54, 1.807) is 36.4 Å². The van der Waals surface area contributed by atoms with Crippen LogP contribution in [0.2, 0.25) is 0 Å². The molecule has 2 aromatic heterocycles. The first-order valence-electron chi connectivity index (χ1n) is 13.3. The summed E-state index contributed by atoms with van der Waals surface area (Å²) in [7, 11) is 2.76. The predicted octanol–water partition coefficient (Wildman–Crippen LogP) is 5.57. The van der Waals surface area contributed by atoms with Gasteiger partial charge in [-0.1, -0.05) is 65.7 Å². The number of rotatable bonds is 9. The van der Waals surface area contributed by atoms with Crippen molar-refractivity contribution in [3.05, 3.63) is 101 Å². The summed E-state index contributed by atoms with van der Waals surface area (Å²) in [4.78, 5) is 34.5. The number of alkyl halides is 2. The van der Waals surface area contributed by atoms with Crippen molar-refractivity contribution < 1.29 is 23.5 Å². The van der Waals surface area contributed by atoms with Gasteiger partial charge in [0, 0.05) is 24.8 Å². The molecule has 1 aliphatic heterocycles. The molecule has 0 saturated carbocycles. The predicted molar refractivity (Wildman–Crippen MR) is 159 cm³/mol. The zero-order valence-electron chi connectivity index (χ0n) is 23.0. The second-order valence-corrected chi connectivity index (χ2v) is 11.4. The highest BCUT2D eigenvalue weighted by Gasteiger charge is 2.55. The van der Waals surface area contributed by atoms with Gasteiger partial charge in [0.2, 0.25) is 5.88 Å². The molecular weight excluding hydrogens is 582 g/mol. The minimum Gasteiger partial charge on any atom is -0.480 e. The van der Waals surface area contributed by atoms with Crippen LogP contribution in [0, 0.1) is 11.7 Å². The standard InChI is InChI=1S/C31H29Cl2FN4O4/c1-41-28-23(19-39)10-11-25(36-28)30(14-6-9-24(31(30,32)33)20-7-4-3-5-8-20)37-27-26(34)21(12-15-35-27)17-38-16-13-22(18-38)29(40)42-2/h3-12,14-15,19,22H,13,16-18H2,1-2H3,(H,35,37). The second-order valence-electron chi connectivity index (χ2n) is 10.1. The molecule has 218 valence electrons. The van der Waals surface area contributed by atoms with Gasteiger partial charge in [-0.3, -0.25) is 14.5 Å². The second kappa shape index (κ2) is 12.2. The zero-order valence-corrected chi connectivity index (χ0v) is 24.5. The van der Waals surface area contributed by atoms with Gasteiger partial charge in [-0.05, 0) is 48.4 Å². The Morgan fingerprint density at radius 2 is 1.98 bits per heavy atom. The summed E-state index contributed by atoms with van der Waals surface area (Å²) in [6.07, 6.45) is 8.01. The van der Waals surface area contributed by atoms with Crippen LogP contribution in [0.3, 0.4) is 0 Å². The molecule has 8 nitrogen and oxygen atoms in total. The van der Waals surface area contributed by atoms with E-state index < -0.39 is 15.7 Å². The van der Waals surface area contributed by atoms with Crippen LogP contribution in [0.15, 0.2) is 73.0 Å². The number of methoxy groups -OCH3 is 2. The van der Waals surface area contributed by atoms with Gasteiger partial charge in [0.15, 0.2) is 22.3 Å². The number of likely N-dealkylation sites (tertiary alicyclic amines) is 1. The largest absolute Gasteiger partial charge is 0.480 e. The Balaban J connectivity index is 1.57. The number of aldehydes is 1. The third-order valence-corrected chi connectivity index (χ3v) is 8.63. The van der Waals surface area contributed by atoms with Crippen LogP contribution in [-0.2, 0) is 21.6 Å². The molecule has 1 saturated heterocycles. The number of benzene rings is 1. The van der Waals surface area contributed by atoms with Gasteiger partial charge in [-0.2, -0.15) is 0 Å². The van der Waals surface area contributed by atoms with E-state index in [9.17, 15) is 9.59 Å². The molecule has 2 aliphatic rings. The van der Waals surface area contributed by atoms with Crippen molar-refractivity contribution in [3.63, 3.8) is 0 Å². The highest BCUT2D eigenvalue weighted by molar-refractivity contribution is 6.55. The van der Waals surface area contributed by atoms with Crippen LogP contribution in [0.5, 0.6) is 5.88 Å². The molecule has 0 amide bonds. The summed E-state index contributed by atoms with van der Waals surface area (Å²) in [5, 5.41) is 3.18.